The molecular weight excluding hydrogens is 376 g/mol. The number of amides is 2. The van der Waals surface area contributed by atoms with Crippen molar-refractivity contribution in [2.75, 3.05) is 22.5 Å². The summed E-state index contributed by atoms with van der Waals surface area (Å²) in [4.78, 5) is 26.4. The number of piperidine rings is 1. The third kappa shape index (κ3) is 4.78. The molecule has 28 heavy (non-hydrogen) atoms. The largest absolute Gasteiger partial charge is 0.326 e. The van der Waals surface area contributed by atoms with Crippen molar-refractivity contribution in [2.24, 2.45) is 0 Å². The van der Waals surface area contributed by atoms with Crippen LogP contribution in [0.25, 0.3) is 0 Å². The third-order valence-corrected chi connectivity index (χ3v) is 6.54. The number of benzene rings is 2. The van der Waals surface area contributed by atoms with E-state index in [0.717, 1.165) is 24.1 Å². The second-order valence-corrected chi connectivity index (χ2v) is 9.04. The van der Waals surface area contributed by atoms with Crippen molar-refractivity contribution in [2.45, 2.75) is 37.5 Å². The van der Waals surface area contributed by atoms with Crippen LogP contribution in [0.4, 0.5) is 11.4 Å². The molecule has 1 fully saturated rings. The lowest BCUT2D eigenvalue weighted by Crippen LogP contribution is -2.35. The normalized spacial score (nSPS) is 14.8. The van der Waals surface area contributed by atoms with E-state index in [1.807, 2.05) is 13.0 Å². The van der Waals surface area contributed by atoms with E-state index in [9.17, 15) is 18.0 Å². The van der Waals surface area contributed by atoms with Crippen molar-refractivity contribution in [3.63, 3.8) is 0 Å². The molecule has 0 aromatic heterocycles. The number of hydrogen-bond donors (Lipinski definition) is 1. The van der Waals surface area contributed by atoms with Crippen LogP contribution < -0.4 is 10.2 Å². The van der Waals surface area contributed by atoms with Gasteiger partial charge in [-0.15, -0.1) is 0 Å². The van der Waals surface area contributed by atoms with Crippen molar-refractivity contribution in [3.8, 4) is 0 Å². The SMILES string of the molecule is Cc1ccc(NC(=O)CCS(=O)(=O)c2ccccc2)cc1N1CCCCC1=O. The van der Waals surface area contributed by atoms with E-state index in [4.69, 9.17) is 0 Å². The molecule has 0 atom stereocenters. The van der Waals surface area contributed by atoms with Gasteiger partial charge >= 0.3 is 0 Å². The molecule has 6 nitrogen and oxygen atoms in total. The molecule has 1 heterocycles. The number of sulfone groups is 1. The maximum absolute atomic E-state index is 12.3. The Morgan fingerprint density at radius 2 is 1.86 bits per heavy atom. The van der Waals surface area contributed by atoms with Gasteiger partial charge in [-0.2, -0.15) is 0 Å². The molecule has 2 aromatic carbocycles. The molecule has 0 saturated carbocycles. The number of anilines is 2. The minimum Gasteiger partial charge on any atom is -0.326 e. The molecule has 0 spiro atoms. The van der Waals surface area contributed by atoms with Crippen LogP contribution in [0, 0.1) is 6.92 Å². The van der Waals surface area contributed by atoms with Crippen LogP contribution in [0.1, 0.15) is 31.2 Å². The van der Waals surface area contributed by atoms with E-state index < -0.39 is 9.84 Å². The fourth-order valence-electron chi connectivity index (χ4n) is 3.23. The van der Waals surface area contributed by atoms with Crippen molar-refractivity contribution < 1.29 is 18.0 Å². The molecule has 0 unspecified atom stereocenters. The van der Waals surface area contributed by atoms with Gasteiger partial charge in [0, 0.05) is 30.8 Å². The van der Waals surface area contributed by atoms with Crippen LogP contribution in [-0.2, 0) is 19.4 Å². The van der Waals surface area contributed by atoms with Gasteiger partial charge in [0.15, 0.2) is 9.84 Å². The summed E-state index contributed by atoms with van der Waals surface area (Å²) in [6.45, 7) is 2.60. The standard InChI is InChI=1S/C21H24N2O4S/c1-16-10-11-17(15-19(16)23-13-6-5-9-21(23)25)22-20(24)12-14-28(26,27)18-7-3-2-4-8-18/h2-4,7-8,10-11,15H,5-6,9,12-14H2,1H3,(H,22,24). The summed E-state index contributed by atoms with van der Waals surface area (Å²) in [5.41, 5.74) is 2.31. The van der Waals surface area contributed by atoms with Gasteiger partial charge < -0.3 is 10.2 Å². The number of hydrogen-bond acceptors (Lipinski definition) is 4. The van der Waals surface area contributed by atoms with Gasteiger partial charge in [-0.1, -0.05) is 24.3 Å². The Bertz CT molecular complexity index is 971. The monoisotopic (exact) mass is 400 g/mol. The third-order valence-electron chi connectivity index (χ3n) is 4.81. The van der Waals surface area contributed by atoms with Gasteiger partial charge in [-0.25, -0.2) is 8.42 Å². The summed E-state index contributed by atoms with van der Waals surface area (Å²) >= 11 is 0. The number of nitrogens with one attached hydrogen (secondary N) is 1. The van der Waals surface area contributed by atoms with Crippen molar-refractivity contribution in [1.82, 2.24) is 0 Å². The van der Waals surface area contributed by atoms with E-state index in [2.05, 4.69) is 5.32 Å². The van der Waals surface area contributed by atoms with Crippen LogP contribution in [0.15, 0.2) is 53.4 Å². The molecule has 1 aliphatic heterocycles. The van der Waals surface area contributed by atoms with Crippen molar-refractivity contribution in [3.05, 3.63) is 54.1 Å². The average molecular weight is 401 g/mol. The zero-order valence-electron chi connectivity index (χ0n) is 15.8. The molecule has 2 aromatic rings. The zero-order chi connectivity index (χ0) is 20.1. The first-order valence-corrected chi connectivity index (χ1v) is 11.0. The maximum atomic E-state index is 12.3. The first kappa shape index (κ1) is 20.1. The van der Waals surface area contributed by atoms with E-state index >= 15 is 0 Å². The fraction of sp³-hybridized carbons (Fsp3) is 0.333. The van der Waals surface area contributed by atoms with Crippen LogP contribution in [0.3, 0.4) is 0 Å². The van der Waals surface area contributed by atoms with E-state index in [1.165, 1.54) is 12.1 Å². The first-order valence-electron chi connectivity index (χ1n) is 9.35. The number of nitrogens with zero attached hydrogens (tertiary/aromatic N) is 1. The van der Waals surface area contributed by atoms with Gasteiger partial charge in [0.25, 0.3) is 0 Å². The van der Waals surface area contributed by atoms with Gasteiger partial charge in [0.05, 0.1) is 10.6 Å². The molecule has 148 valence electrons. The molecule has 2 amide bonds. The van der Waals surface area contributed by atoms with Gasteiger partial charge in [0.1, 0.15) is 0 Å². The Kier molecular flexibility index (Phi) is 6.14. The molecule has 7 heteroatoms. The van der Waals surface area contributed by atoms with E-state index in [0.29, 0.717) is 18.7 Å². The number of rotatable bonds is 6. The van der Waals surface area contributed by atoms with Gasteiger partial charge in [-0.05, 0) is 49.6 Å². The summed E-state index contributed by atoms with van der Waals surface area (Å²) in [6, 6.07) is 13.5. The summed E-state index contributed by atoms with van der Waals surface area (Å²) in [5, 5.41) is 2.75. The average Bonchev–Trinajstić information content (AvgIpc) is 2.69. The first-order chi connectivity index (χ1) is 13.4. The second-order valence-electron chi connectivity index (χ2n) is 6.93. The predicted octanol–water partition coefficient (Wildman–Crippen LogP) is 3.31. The van der Waals surface area contributed by atoms with Crippen molar-refractivity contribution >= 4 is 33.0 Å². The summed E-state index contributed by atoms with van der Waals surface area (Å²) in [7, 11) is -3.50. The highest BCUT2D eigenvalue weighted by Gasteiger charge is 2.22. The Balaban J connectivity index is 1.66. The predicted molar refractivity (Wildman–Crippen MR) is 109 cm³/mol. The number of carbonyl (C=O) groups excluding carboxylic acids is 2. The number of carbonyl (C=O) groups is 2. The highest BCUT2D eigenvalue weighted by atomic mass is 32.2. The lowest BCUT2D eigenvalue weighted by molar-refractivity contribution is -0.119. The lowest BCUT2D eigenvalue weighted by Gasteiger charge is -2.28. The quantitative estimate of drug-likeness (QED) is 0.806. The Hall–Kier alpha value is -2.67. The number of aryl methyl sites for hydroxylation is 1. The highest BCUT2D eigenvalue weighted by Crippen LogP contribution is 2.28. The van der Waals surface area contributed by atoms with Crippen LogP contribution in [0.5, 0.6) is 0 Å². The van der Waals surface area contributed by atoms with Crippen LogP contribution in [0.2, 0.25) is 0 Å². The van der Waals surface area contributed by atoms with E-state index in [-0.39, 0.29) is 28.9 Å². The smallest absolute Gasteiger partial charge is 0.226 e. The molecular formula is C21H24N2O4S. The lowest BCUT2D eigenvalue weighted by atomic mass is 10.1. The molecule has 0 radical (unpaired) electrons. The second kappa shape index (κ2) is 8.56. The van der Waals surface area contributed by atoms with Crippen molar-refractivity contribution in [1.29, 1.82) is 0 Å². The Labute approximate surface area is 165 Å². The Morgan fingerprint density at radius 3 is 2.57 bits per heavy atom. The molecule has 0 aliphatic carbocycles. The highest BCUT2D eigenvalue weighted by molar-refractivity contribution is 7.91. The molecule has 0 bridgehead atoms. The minimum atomic E-state index is -3.50. The molecule has 1 saturated heterocycles. The summed E-state index contributed by atoms with van der Waals surface area (Å²) in [5.74, 6) is -0.544. The van der Waals surface area contributed by atoms with E-state index in [1.54, 1.807) is 35.2 Å². The topological polar surface area (TPSA) is 83.6 Å². The Morgan fingerprint density at radius 1 is 1.11 bits per heavy atom. The summed E-state index contributed by atoms with van der Waals surface area (Å²) in [6.07, 6.45) is 2.26. The summed E-state index contributed by atoms with van der Waals surface area (Å²) < 4.78 is 24.6. The van der Waals surface area contributed by atoms with Gasteiger partial charge in [0.2, 0.25) is 11.8 Å². The fourth-order valence-corrected chi connectivity index (χ4v) is 4.50. The van der Waals surface area contributed by atoms with Gasteiger partial charge in [-0.3, -0.25) is 9.59 Å². The molecule has 1 N–H and O–H groups in total. The maximum Gasteiger partial charge on any atom is 0.226 e. The van der Waals surface area contributed by atoms with Crippen LogP contribution >= 0.6 is 0 Å². The minimum absolute atomic E-state index is 0.0896. The molecule has 1 aliphatic rings. The molecule has 3 rings (SSSR count). The van der Waals surface area contributed by atoms with Crippen LogP contribution in [-0.4, -0.2) is 32.5 Å². The zero-order valence-corrected chi connectivity index (χ0v) is 16.7.